The van der Waals surface area contributed by atoms with Crippen molar-refractivity contribution in [2.24, 2.45) is 11.7 Å². The van der Waals surface area contributed by atoms with E-state index in [1.807, 2.05) is 62.3 Å². The topological polar surface area (TPSA) is 135 Å². The van der Waals surface area contributed by atoms with Gasteiger partial charge in [-0.1, -0.05) is 43.7 Å². The lowest BCUT2D eigenvalue weighted by Gasteiger charge is -2.31. The molecule has 0 bridgehead atoms. The third kappa shape index (κ3) is 6.45. The maximum absolute atomic E-state index is 14.0. The lowest BCUT2D eigenvalue weighted by molar-refractivity contribution is -0.122. The van der Waals surface area contributed by atoms with Crippen molar-refractivity contribution >= 4 is 46.3 Å². The van der Waals surface area contributed by atoms with E-state index in [2.05, 4.69) is 23.5 Å². The normalized spacial score (nSPS) is 11.7. The number of aryl methyl sites for hydroxylation is 1. The highest BCUT2D eigenvalue weighted by atomic mass is 32.1. The SMILES string of the molecule is Cc1ccc(N(C(=O)c2snc(C(N)=O)c2N)[C@H](C(=O)NCCC(C)C)c2ccc(N(C)C)cc2)cc1. The lowest BCUT2D eigenvalue weighted by atomic mass is 10.0. The van der Waals surface area contributed by atoms with Gasteiger partial charge in [-0.15, -0.1) is 0 Å². The summed E-state index contributed by atoms with van der Waals surface area (Å²) in [5.74, 6) is -1.30. The molecule has 9 nitrogen and oxygen atoms in total. The standard InChI is InChI=1S/C27H34N6O3S/c1-16(2)14-15-30-26(35)23(18-8-12-19(13-9-18)32(4)5)33(20-10-6-17(3)7-11-20)27(36)24-21(28)22(25(29)34)31-37-24/h6-13,16,23H,14-15,28H2,1-5H3,(H2,29,34)(H,30,35)/t23-/m0/s1. The summed E-state index contributed by atoms with van der Waals surface area (Å²) >= 11 is 0.786. The van der Waals surface area contributed by atoms with Gasteiger partial charge in [0, 0.05) is 32.0 Å². The number of hydrogen-bond donors (Lipinski definition) is 3. The molecular weight excluding hydrogens is 488 g/mol. The molecule has 0 spiro atoms. The molecule has 0 aliphatic heterocycles. The van der Waals surface area contributed by atoms with Crippen LogP contribution in [0.1, 0.15) is 57.6 Å². The average Bonchev–Trinajstić information content (AvgIpc) is 3.24. The van der Waals surface area contributed by atoms with Gasteiger partial charge in [-0.2, -0.15) is 4.37 Å². The van der Waals surface area contributed by atoms with Crippen LogP contribution < -0.4 is 26.6 Å². The highest BCUT2D eigenvalue weighted by molar-refractivity contribution is 7.09. The number of primary amides is 1. The van der Waals surface area contributed by atoms with Crippen LogP contribution in [0.4, 0.5) is 17.1 Å². The van der Waals surface area contributed by atoms with E-state index in [1.165, 1.54) is 4.90 Å². The molecule has 0 saturated heterocycles. The van der Waals surface area contributed by atoms with Crippen LogP contribution in [0.15, 0.2) is 48.5 Å². The molecule has 37 heavy (non-hydrogen) atoms. The number of anilines is 3. The maximum atomic E-state index is 14.0. The first-order chi connectivity index (χ1) is 17.5. The van der Waals surface area contributed by atoms with Gasteiger partial charge in [0.25, 0.3) is 11.8 Å². The van der Waals surface area contributed by atoms with Crippen LogP contribution in [0, 0.1) is 12.8 Å². The second-order valence-corrected chi connectivity index (χ2v) is 10.3. The molecule has 5 N–H and O–H groups in total. The van der Waals surface area contributed by atoms with Gasteiger partial charge in [0.1, 0.15) is 10.9 Å². The van der Waals surface area contributed by atoms with E-state index in [1.54, 1.807) is 12.1 Å². The van der Waals surface area contributed by atoms with Crippen molar-refractivity contribution in [3.63, 3.8) is 0 Å². The van der Waals surface area contributed by atoms with E-state index >= 15 is 0 Å². The van der Waals surface area contributed by atoms with E-state index in [4.69, 9.17) is 11.5 Å². The number of aromatic nitrogens is 1. The highest BCUT2D eigenvalue weighted by Gasteiger charge is 2.36. The Bertz CT molecular complexity index is 1250. The molecule has 0 radical (unpaired) electrons. The molecule has 196 valence electrons. The summed E-state index contributed by atoms with van der Waals surface area (Å²) in [7, 11) is 3.85. The van der Waals surface area contributed by atoms with Gasteiger partial charge >= 0.3 is 0 Å². The van der Waals surface area contributed by atoms with Crippen LogP contribution in [-0.4, -0.2) is 42.7 Å². The smallest absolute Gasteiger partial charge is 0.273 e. The monoisotopic (exact) mass is 522 g/mol. The number of nitrogens with one attached hydrogen (secondary N) is 1. The molecule has 1 atom stereocenters. The van der Waals surface area contributed by atoms with Crippen molar-refractivity contribution in [2.75, 3.05) is 36.2 Å². The Balaban J connectivity index is 2.16. The largest absolute Gasteiger partial charge is 0.395 e. The second-order valence-electron chi connectivity index (χ2n) is 9.51. The third-order valence-electron chi connectivity index (χ3n) is 5.94. The van der Waals surface area contributed by atoms with Crippen molar-refractivity contribution in [2.45, 2.75) is 33.2 Å². The summed E-state index contributed by atoms with van der Waals surface area (Å²) in [5, 5.41) is 3.00. The first kappa shape index (κ1) is 27.7. The molecule has 3 rings (SSSR count). The fourth-order valence-electron chi connectivity index (χ4n) is 3.78. The predicted octanol–water partition coefficient (Wildman–Crippen LogP) is 3.75. The summed E-state index contributed by atoms with van der Waals surface area (Å²) < 4.78 is 3.99. The molecule has 1 heterocycles. The summed E-state index contributed by atoms with van der Waals surface area (Å²) in [5.41, 5.74) is 14.3. The Morgan fingerprint density at radius 3 is 2.11 bits per heavy atom. The van der Waals surface area contributed by atoms with Gasteiger partial charge < -0.3 is 21.7 Å². The average molecular weight is 523 g/mol. The Morgan fingerprint density at radius 1 is 1.00 bits per heavy atom. The van der Waals surface area contributed by atoms with Gasteiger partial charge in [-0.05, 0) is 60.6 Å². The minimum absolute atomic E-state index is 0.0410. The molecule has 0 saturated carbocycles. The number of rotatable bonds is 10. The number of nitrogens with zero attached hydrogens (tertiary/aromatic N) is 3. The number of nitrogen functional groups attached to an aromatic ring is 1. The van der Waals surface area contributed by atoms with Crippen molar-refractivity contribution in [1.29, 1.82) is 0 Å². The van der Waals surface area contributed by atoms with Gasteiger partial charge in [-0.3, -0.25) is 19.3 Å². The first-order valence-electron chi connectivity index (χ1n) is 12.0. The van der Waals surface area contributed by atoms with Gasteiger partial charge in [0.05, 0.1) is 5.69 Å². The second kappa shape index (κ2) is 11.9. The number of amides is 3. The Hall–Kier alpha value is -3.92. The van der Waals surface area contributed by atoms with E-state index in [0.29, 0.717) is 23.7 Å². The van der Waals surface area contributed by atoms with Crippen molar-refractivity contribution in [3.05, 3.63) is 70.2 Å². The number of benzene rings is 2. The van der Waals surface area contributed by atoms with Gasteiger partial charge in [0.15, 0.2) is 5.69 Å². The molecule has 3 aromatic rings. The van der Waals surface area contributed by atoms with E-state index in [9.17, 15) is 14.4 Å². The van der Waals surface area contributed by atoms with Crippen molar-refractivity contribution in [3.8, 4) is 0 Å². The number of carbonyl (C=O) groups excluding carboxylic acids is 3. The van der Waals surface area contributed by atoms with Crippen LogP contribution >= 0.6 is 11.5 Å². The zero-order chi connectivity index (χ0) is 27.3. The molecule has 0 aliphatic carbocycles. The molecule has 3 amide bonds. The zero-order valence-electron chi connectivity index (χ0n) is 21.8. The molecule has 1 aromatic heterocycles. The first-order valence-corrected chi connectivity index (χ1v) is 12.8. The van der Waals surface area contributed by atoms with E-state index in [0.717, 1.165) is 29.2 Å². The molecule has 2 aromatic carbocycles. The van der Waals surface area contributed by atoms with Crippen LogP contribution in [0.3, 0.4) is 0 Å². The third-order valence-corrected chi connectivity index (χ3v) is 6.79. The maximum Gasteiger partial charge on any atom is 0.273 e. The predicted molar refractivity (Wildman–Crippen MR) is 149 cm³/mol. The summed E-state index contributed by atoms with van der Waals surface area (Å²) in [4.78, 5) is 42.9. The van der Waals surface area contributed by atoms with Crippen LogP contribution in [-0.2, 0) is 4.79 Å². The number of nitrogens with two attached hydrogens (primary N) is 2. The van der Waals surface area contributed by atoms with Gasteiger partial charge in [-0.25, -0.2) is 0 Å². The molecule has 0 fully saturated rings. The fourth-order valence-corrected chi connectivity index (χ4v) is 4.52. The van der Waals surface area contributed by atoms with Crippen LogP contribution in [0.25, 0.3) is 0 Å². The molecule has 0 aliphatic rings. The van der Waals surface area contributed by atoms with Crippen molar-refractivity contribution < 1.29 is 14.4 Å². The molecular formula is C27H34N6O3S. The lowest BCUT2D eigenvalue weighted by Crippen LogP contribution is -2.44. The molecule has 0 unspecified atom stereocenters. The van der Waals surface area contributed by atoms with E-state index in [-0.39, 0.29) is 22.2 Å². The summed E-state index contributed by atoms with van der Waals surface area (Å²) in [6.45, 7) is 6.56. The fraction of sp³-hybridized carbons (Fsp3) is 0.333. The highest BCUT2D eigenvalue weighted by Crippen LogP contribution is 2.34. The quantitative estimate of drug-likeness (QED) is 0.371. The van der Waals surface area contributed by atoms with Crippen LogP contribution in [0.5, 0.6) is 0 Å². The minimum atomic E-state index is -1.00. The Morgan fingerprint density at radius 2 is 1.59 bits per heavy atom. The number of hydrogen-bond acceptors (Lipinski definition) is 7. The summed E-state index contributed by atoms with van der Waals surface area (Å²) in [6.07, 6.45) is 0.792. The molecule has 10 heteroatoms. The minimum Gasteiger partial charge on any atom is -0.395 e. The number of carbonyl (C=O) groups is 3. The van der Waals surface area contributed by atoms with Gasteiger partial charge in [0.2, 0.25) is 5.91 Å². The Kier molecular flexibility index (Phi) is 8.88. The van der Waals surface area contributed by atoms with E-state index < -0.39 is 17.9 Å². The summed E-state index contributed by atoms with van der Waals surface area (Å²) in [6, 6.07) is 13.7. The zero-order valence-corrected chi connectivity index (χ0v) is 22.6. The Labute approximate surface area is 221 Å². The van der Waals surface area contributed by atoms with Crippen LogP contribution in [0.2, 0.25) is 0 Å². The van der Waals surface area contributed by atoms with Crippen molar-refractivity contribution in [1.82, 2.24) is 9.69 Å².